The number of ether oxygens (including phenoxy) is 1. The summed E-state index contributed by atoms with van der Waals surface area (Å²) in [5.41, 5.74) is 0.498. The van der Waals surface area contributed by atoms with Gasteiger partial charge in [0.2, 0.25) is 0 Å². The molecule has 0 bridgehead atoms. The summed E-state index contributed by atoms with van der Waals surface area (Å²) in [5, 5.41) is 6.85. The van der Waals surface area contributed by atoms with E-state index in [1.54, 1.807) is 48.3 Å². The number of amides is 2. The van der Waals surface area contributed by atoms with Crippen molar-refractivity contribution in [1.82, 2.24) is 14.7 Å². The standard InChI is InChI=1S/C20H26N4O3/c1-14-5-4-6-15(2)24(14)19(25)13-27-17-9-7-16(8-10-17)20(26)21-18-11-12-23(3)22-18/h7-12,14-15H,4-6,13H2,1-3H3,(H,21,22,26). The first-order chi connectivity index (χ1) is 12.9. The SMILES string of the molecule is CC1CCCC(C)N1C(=O)COc1ccc(C(=O)Nc2ccn(C)n2)cc1. The van der Waals surface area contributed by atoms with E-state index in [2.05, 4.69) is 24.3 Å². The number of nitrogens with zero attached hydrogens (tertiary/aromatic N) is 3. The molecule has 7 heteroatoms. The Labute approximate surface area is 159 Å². The topological polar surface area (TPSA) is 76.5 Å². The highest BCUT2D eigenvalue weighted by Crippen LogP contribution is 2.23. The molecule has 2 atom stereocenters. The van der Waals surface area contributed by atoms with Crippen LogP contribution in [-0.4, -0.2) is 45.2 Å². The molecule has 2 unspecified atom stereocenters. The third-order valence-corrected chi connectivity index (χ3v) is 4.92. The molecule has 2 heterocycles. The van der Waals surface area contributed by atoms with Crippen molar-refractivity contribution >= 4 is 17.6 Å². The largest absolute Gasteiger partial charge is 0.484 e. The summed E-state index contributed by atoms with van der Waals surface area (Å²) in [5.74, 6) is 0.826. The average Bonchev–Trinajstić information content (AvgIpc) is 3.05. The third-order valence-electron chi connectivity index (χ3n) is 4.92. The first-order valence-electron chi connectivity index (χ1n) is 9.29. The first-order valence-corrected chi connectivity index (χ1v) is 9.29. The number of carbonyl (C=O) groups is 2. The predicted octanol–water partition coefficient (Wildman–Crippen LogP) is 2.84. The molecule has 27 heavy (non-hydrogen) atoms. The quantitative estimate of drug-likeness (QED) is 0.878. The molecule has 1 saturated heterocycles. The minimum atomic E-state index is -0.243. The van der Waals surface area contributed by atoms with Gasteiger partial charge in [-0.25, -0.2) is 0 Å². The van der Waals surface area contributed by atoms with Crippen molar-refractivity contribution in [3.63, 3.8) is 0 Å². The maximum atomic E-state index is 12.5. The van der Waals surface area contributed by atoms with Gasteiger partial charge in [0.05, 0.1) is 0 Å². The smallest absolute Gasteiger partial charge is 0.260 e. The van der Waals surface area contributed by atoms with E-state index in [0.29, 0.717) is 17.1 Å². The Morgan fingerprint density at radius 3 is 2.41 bits per heavy atom. The van der Waals surface area contributed by atoms with Gasteiger partial charge in [0.1, 0.15) is 5.75 Å². The second-order valence-electron chi connectivity index (χ2n) is 7.07. The van der Waals surface area contributed by atoms with E-state index in [0.717, 1.165) is 19.3 Å². The molecule has 7 nitrogen and oxygen atoms in total. The molecule has 0 saturated carbocycles. The minimum absolute atomic E-state index is 0.00618. The van der Waals surface area contributed by atoms with Gasteiger partial charge in [0.15, 0.2) is 12.4 Å². The van der Waals surface area contributed by atoms with Crippen LogP contribution in [0.4, 0.5) is 5.82 Å². The van der Waals surface area contributed by atoms with E-state index in [1.807, 2.05) is 4.90 Å². The third kappa shape index (κ3) is 4.67. The highest BCUT2D eigenvalue weighted by atomic mass is 16.5. The fourth-order valence-corrected chi connectivity index (χ4v) is 3.51. The van der Waals surface area contributed by atoms with Gasteiger partial charge < -0.3 is 15.0 Å². The Morgan fingerprint density at radius 2 is 1.81 bits per heavy atom. The normalized spacial score (nSPS) is 19.6. The Kier molecular flexibility index (Phi) is 5.78. The van der Waals surface area contributed by atoms with Crippen molar-refractivity contribution in [2.24, 2.45) is 7.05 Å². The number of hydrogen-bond acceptors (Lipinski definition) is 4. The second-order valence-corrected chi connectivity index (χ2v) is 7.07. The second kappa shape index (κ2) is 8.24. The number of anilines is 1. The molecule has 3 rings (SSSR count). The molecular formula is C20H26N4O3. The molecular weight excluding hydrogens is 344 g/mol. The summed E-state index contributed by atoms with van der Waals surface area (Å²) in [4.78, 5) is 26.6. The van der Waals surface area contributed by atoms with Crippen molar-refractivity contribution < 1.29 is 14.3 Å². The zero-order valence-corrected chi connectivity index (χ0v) is 16.0. The van der Waals surface area contributed by atoms with E-state index in [9.17, 15) is 9.59 Å². The maximum Gasteiger partial charge on any atom is 0.260 e. The Hall–Kier alpha value is -2.83. The lowest BCUT2D eigenvalue weighted by molar-refractivity contribution is -0.139. The fraction of sp³-hybridized carbons (Fsp3) is 0.450. The van der Waals surface area contributed by atoms with E-state index >= 15 is 0 Å². The molecule has 0 radical (unpaired) electrons. The lowest BCUT2D eigenvalue weighted by atomic mass is 9.97. The number of likely N-dealkylation sites (tertiary alicyclic amines) is 1. The number of carbonyl (C=O) groups excluding carboxylic acids is 2. The maximum absolute atomic E-state index is 12.5. The summed E-state index contributed by atoms with van der Waals surface area (Å²) in [6.07, 6.45) is 4.99. The zero-order valence-electron chi connectivity index (χ0n) is 16.0. The van der Waals surface area contributed by atoms with Crippen molar-refractivity contribution in [3.05, 3.63) is 42.1 Å². The number of rotatable bonds is 5. The van der Waals surface area contributed by atoms with Crippen molar-refractivity contribution in [1.29, 1.82) is 0 Å². The molecule has 1 fully saturated rings. The molecule has 1 aliphatic rings. The van der Waals surface area contributed by atoms with Gasteiger partial charge in [-0.1, -0.05) is 0 Å². The van der Waals surface area contributed by atoms with Crippen LogP contribution < -0.4 is 10.1 Å². The lowest BCUT2D eigenvalue weighted by Crippen LogP contribution is -2.49. The first kappa shape index (κ1) is 18.9. The van der Waals surface area contributed by atoms with E-state index in [-0.39, 0.29) is 30.5 Å². The lowest BCUT2D eigenvalue weighted by Gasteiger charge is -2.38. The van der Waals surface area contributed by atoms with Crippen molar-refractivity contribution in [3.8, 4) is 5.75 Å². The van der Waals surface area contributed by atoms with Crippen LogP contribution in [0.5, 0.6) is 5.75 Å². The minimum Gasteiger partial charge on any atom is -0.484 e. The molecule has 2 amide bonds. The van der Waals surface area contributed by atoms with Gasteiger partial charge in [-0.3, -0.25) is 14.3 Å². The van der Waals surface area contributed by atoms with Gasteiger partial charge in [-0.05, 0) is 57.4 Å². The van der Waals surface area contributed by atoms with Gasteiger partial charge >= 0.3 is 0 Å². The molecule has 1 aliphatic heterocycles. The van der Waals surface area contributed by atoms with Crippen LogP contribution in [0.15, 0.2) is 36.5 Å². The number of hydrogen-bond donors (Lipinski definition) is 1. The van der Waals surface area contributed by atoms with Gasteiger partial charge in [0.25, 0.3) is 11.8 Å². The number of nitrogens with one attached hydrogen (secondary N) is 1. The molecule has 1 N–H and O–H groups in total. The average molecular weight is 370 g/mol. The number of aryl methyl sites for hydroxylation is 1. The van der Waals surface area contributed by atoms with Gasteiger partial charge in [0, 0.05) is 37.0 Å². The van der Waals surface area contributed by atoms with Crippen LogP contribution in [-0.2, 0) is 11.8 Å². The van der Waals surface area contributed by atoms with Crippen LogP contribution in [0.2, 0.25) is 0 Å². The highest BCUT2D eigenvalue weighted by molar-refractivity contribution is 6.03. The van der Waals surface area contributed by atoms with Crippen LogP contribution >= 0.6 is 0 Å². The fourth-order valence-electron chi connectivity index (χ4n) is 3.51. The monoisotopic (exact) mass is 370 g/mol. The van der Waals surface area contributed by atoms with Gasteiger partial charge in [-0.15, -0.1) is 0 Å². The summed E-state index contributed by atoms with van der Waals surface area (Å²) in [7, 11) is 1.79. The molecule has 1 aromatic carbocycles. The number of aromatic nitrogens is 2. The highest BCUT2D eigenvalue weighted by Gasteiger charge is 2.28. The van der Waals surface area contributed by atoms with Crippen LogP contribution in [0, 0.1) is 0 Å². The summed E-state index contributed by atoms with van der Waals surface area (Å²) >= 11 is 0. The Morgan fingerprint density at radius 1 is 1.15 bits per heavy atom. The zero-order chi connectivity index (χ0) is 19.4. The molecule has 144 valence electrons. The molecule has 0 spiro atoms. The van der Waals surface area contributed by atoms with E-state index in [4.69, 9.17) is 4.74 Å². The molecule has 0 aliphatic carbocycles. The van der Waals surface area contributed by atoms with Crippen molar-refractivity contribution in [2.45, 2.75) is 45.2 Å². The number of piperidine rings is 1. The van der Waals surface area contributed by atoms with Crippen molar-refractivity contribution in [2.75, 3.05) is 11.9 Å². The molecule has 2 aromatic rings. The number of benzene rings is 1. The Bertz CT molecular complexity index is 790. The van der Waals surface area contributed by atoms with Crippen LogP contribution in [0.1, 0.15) is 43.5 Å². The summed E-state index contributed by atoms with van der Waals surface area (Å²) < 4.78 is 7.25. The molecule has 1 aromatic heterocycles. The Balaban J connectivity index is 1.54. The van der Waals surface area contributed by atoms with E-state index in [1.165, 1.54) is 0 Å². The van der Waals surface area contributed by atoms with E-state index < -0.39 is 0 Å². The van der Waals surface area contributed by atoms with Gasteiger partial charge in [-0.2, -0.15) is 5.10 Å². The summed E-state index contributed by atoms with van der Waals surface area (Å²) in [6.45, 7) is 4.18. The predicted molar refractivity (Wildman–Crippen MR) is 103 cm³/mol. The van der Waals surface area contributed by atoms with Crippen LogP contribution in [0.3, 0.4) is 0 Å². The summed E-state index contributed by atoms with van der Waals surface area (Å²) in [6, 6.07) is 8.97. The van der Waals surface area contributed by atoms with Crippen LogP contribution in [0.25, 0.3) is 0 Å².